The molecular formula is C30H43N3O5. The quantitative estimate of drug-likeness (QED) is 0.462. The van der Waals surface area contributed by atoms with E-state index in [4.69, 9.17) is 14.2 Å². The number of para-hydroxylation sites is 1. The van der Waals surface area contributed by atoms with Crippen molar-refractivity contribution in [3.05, 3.63) is 53.7 Å². The lowest BCUT2D eigenvalue weighted by Gasteiger charge is -2.30. The Hall–Kier alpha value is -2.68. The van der Waals surface area contributed by atoms with Crippen molar-refractivity contribution in [2.45, 2.75) is 70.1 Å². The topological polar surface area (TPSA) is 93.2 Å². The Morgan fingerprint density at radius 1 is 1.13 bits per heavy atom. The van der Waals surface area contributed by atoms with Gasteiger partial charge < -0.3 is 29.5 Å². The number of nitrogens with one attached hydrogen (secondary N) is 1. The maximum absolute atomic E-state index is 13.0. The number of ether oxygens (including phenoxy) is 3. The van der Waals surface area contributed by atoms with Crippen LogP contribution < -0.4 is 15.0 Å². The van der Waals surface area contributed by atoms with Gasteiger partial charge in [0.2, 0.25) is 11.8 Å². The minimum absolute atomic E-state index is 0.0131. The third-order valence-electron chi connectivity index (χ3n) is 7.88. The summed E-state index contributed by atoms with van der Waals surface area (Å²) in [6.45, 7) is 7.25. The molecule has 1 aromatic heterocycles. The molecule has 8 heteroatoms. The summed E-state index contributed by atoms with van der Waals surface area (Å²) in [6.07, 6.45) is 5.87. The number of aromatic nitrogens is 1. The van der Waals surface area contributed by atoms with Gasteiger partial charge in [0.25, 0.3) is 0 Å². The predicted molar refractivity (Wildman–Crippen MR) is 148 cm³/mol. The molecular weight excluding hydrogens is 482 g/mol. The first-order chi connectivity index (χ1) is 18.4. The molecule has 0 spiro atoms. The molecule has 0 radical (unpaired) electrons. The fraction of sp³-hybridized carbons (Fsp3) is 0.600. The summed E-state index contributed by atoms with van der Waals surface area (Å²) in [4.78, 5) is 19.6. The average molecular weight is 526 g/mol. The molecule has 0 aliphatic carbocycles. The summed E-state index contributed by atoms with van der Waals surface area (Å²) in [6, 6.07) is 12.0. The monoisotopic (exact) mass is 525 g/mol. The number of aliphatic hydroxyl groups excluding tert-OH is 1. The first-order valence-corrected chi connectivity index (χ1v) is 14.0. The standard InChI is InChI=1S/C30H43N3O5/c1-21(18-23-8-9-29(32-19-23)38-25-12-16-36-17-13-25)26-6-4-5-7-27(26)33(3)22(2)30(35)31-14-10-24-11-15-37-20-28(24)34/h4-9,19,21-22,24-25,28,34H,10-18,20H2,1-3H3,(H,31,35). The van der Waals surface area contributed by atoms with Gasteiger partial charge in [0.1, 0.15) is 12.1 Å². The lowest BCUT2D eigenvalue weighted by Crippen LogP contribution is -2.45. The van der Waals surface area contributed by atoms with E-state index in [1.54, 1.807) is 0 Å². The molecule has 2 aliphatic heterocycles. The van der Waals surface area contributed by atoms with Crippen molar-refractivity contribution in [1.29, 1.82) is 0 Å². The van der Waals surface area contributed by atoms with E-state index >= 15 is 0 Å². The van der Waals surface area contributed by atoms with Crippen LogP contribution in [0.2, 0.25) is 0 Å². The summed E-state index contributed by atoms with van der Waals surface area (Å²) in [7, 11) is 1.97. The summed E-state index contributed by atoms with van der Waals surface area (Å²) < 4.78 is 16.7. The molecule has 4 rings (SSSR count). The molecule has 3 heterocycles. The summed E-state index contributed by atoms with van der Waals surface area (Å²) in [5.74, 6) is 1.07. The van der Waals surface area contributed by atoms with Crippen LogP contribution in [0.4, 0.5) is 5.69 Å². The Morgan fingerprint density at radius 2 is 1.89 bits per heavy atom. The van der Waals surface area contributed by atoms with Crippen LogP contribution in [-0.2, 0) is 20.7 Å². The van der Waals surface area contributed by atoms with Crippen LogP contribution >= 0.6 is 0 Å². The van der Waals surface area contributed by atoms with Crippen molar-refractivity contribution >= 4 is 11.6 Å². The number of likely N-dealkylation sites (N-methyl/N-ethyl adjacent to an activating group) is 1. The first kappa shape index (κ1) is 28.3. The van der Waals surface area contributed by atoms with Crippen molar-refractivity contribution in [3.8, 4) is 5.88 Å². The molecule has 8 nitrogen and oxygen atoms in total. The van der Waals surface area contributed by atoms with E-state index in [1.165, 1.54) is 5.56 Å². The smallest absolute Gasteiger partial charge is 0.242 e. The highest BCUT2D eigenvalue weighted by Gasteiger charge is 2.25. The lowest BCUT2D eigenvalue weighted by molar-refractivity contribution is -0.122. The van der Waals surface area contributed by atoms with Crippen LogP contribution in [0.5, 0.6) is 5.88 Å². The fourth-order valence-electron chi connectivity index (χ4n) is 5.27. The molecule has 2 saturated heterocycles. The molecule has 38 heavy (non-hydrogen) atoms. The van der Waals surface area contributed by atoms with E-state index < -0.39 is 6.10 Å². The maximum atomic E-state index is 13.0. The second-order valence-corrected chi connectivity index (χ2v) is 10.7. The molecule has 4 unspecified atom stereocenters. The number of carbonyl (C=O) groups excluding carboxylic acids is 1. The molecule has 2 fully saturated rings. The molecule has 2 aromatic rings. The summed E-state index contributed by atoms with van der Waals surface area (Å²) in [5.41, 5.74) is 3.40. The summed E-state index contributed by atoms with van der Waals surface area (Å²) >= 11 is 0. The number of hydrogen-bond donors (Lipinski definition) is 2. The highest BCUT2D eigenvalue weighted by molar-refractivity contribution is 5.85. The zero-order valence-corrected chi connectivity index (χ0v) is 23.0. The Morgan fingerprint density at radius 3 is 2.63 bits per heavy atom. The highest BCUT2D eigenvalue weighted by Crippen LogP contribution is 2.31. The number of aliphatic hydroxyl groups is 1. The average Bonchev–Trinajstić information content (AvgIpc) is 2.95. The lowest BCUT2D eigenvalue weighted by atomic mass is 9.92. The molecule has 2 aliphatic rings. The van der Waals surface area contributed by atoms with Crippen molar-refractivity contribution in [3.63, 3.8) is 0 Å². The van der Waals surface area contributed by atoms with Crippen LogP contribution in [0.15, 0.2) is 42.6 Å². The van der Waals surface area contributed by atoms with E-state index in [2.05, 4.69) is 41.5 Å². The molecule has 0 bridgehead atoms. The number of nitrogens with zero attached hydrogens (tertiary/aromatic N) is 2. The number of amides is 1. The van der Waals surface area contributed by atoms with Crippen molar-refractivity contribution in [2.75, 3.05) is 44.9 Å². The second kappa shape index (κ2) is 13.9. The van der Waals surface area contributed by atoms with Gasteiger partial charge in [-0.3, -0.25) is 4.79 Å². The minimum Gasteiger partial charge on any atom is -0.474 e. The SMILES string of the molecule is CC(Cc1ccc(OC2CCOCC2)nc1)c1ccccc1N(C)C(C)C(=O)NCCC1CCOCC1O. The van der Waals surface area contributed by atoms with Crippen molar-refractivity contribution < 1.29 is 24.1 Å². The van der Waals surface area contributed by atoms with Gasteiger partial charge in [-0.2, -0.15) is 0 Å². The normalized spacial score (nSPS) is 21.9. The Bertz CT molecular complexity index is 1010. The Kier molecular flexibility index (Phi) is 10.4. The van der Waals surface area contributed by atoms with Crippen LogP contribution in [0.3, 0.4) is 0 Å². The van der Waals surface area contributed by atoms with Gasteiger partial charge in [0, 0.05) is 51.0 Å². The third-order valence-corrected chi connectivity index (χ3v) is 7.88. The molecule has 1 aromatic carbocycles. The number of hydrogen-bond acceptors (Lipinski definition) is 7. The number of pyridine rings is 1. The van der Waals surface area contributed by atoms with Crippen LogP contribution in [0, 0.1) is 5.92 Å². The predicted octanol–water partition coefficient (Wildman–Crippen LogP) is 3.71. The number of anilines is 1. The fourth-order valence-corrected chi connectivity index (χ4v) is 5.27. The third kappa shape index (κ3) is 7.68. The van der Waals surface area contributed by atoms with Gasteiger partial charge in [-0.25, -0.2) is 4.98 Å². The highest BCUT2D eigenvalue weighted by atomic mass is 16.5. The first-order valence-electron chi connectivity index (χ1n) is 14.0. The zero-order chi connectivity index (χ0) is 26.9. The second-order valence-electron chi connectivity index (χ2n) is 10.7. The van der Waals surface area contributed by atoms with E-state index in [-0.39, 0.29) is 29.9 Å². The van der Waals surface area contributed by atoms with Gasteiger partial charge in [-0.05, 0) is 55.2 Å². The molecule has 0 saturated carbocycles. The van der Waals surface area contributed by atoms with E-state index in [9.17, 15) is 9.90 Å². The van der Waals surface area contributed by atoms with Crippen LogP contribution in [0.1, 0.15) is 56.6 Å². The Balaban J connectivity index is 1.32. The largest absolute Gasteiger partial charge is 0.474 e. The Labute approximate surface area is 226 Å². The van der Waals surface area contributed by atoms with Crippen molar-refractivity contribution in [1.82, 2.24) is 10.3 Å². The molecule has 208 valence electrons. The van der Waals surface area contributed by atoms with Gasteiger partial charge in [-0.1, -0.05) is 31.2 Å². The zero-order valence-electron chi connectivity index (χ0n) is 23.0. The number of rotatable bonds is 11. The van der Waals surface area contributed by atoms with E-state index in [0.717, 1.165) is 56.6 Å². The van der Waals surface area contributed by atoms with E-state index in [1.807, 2.05) is 37.2 Å². The van der Waals surface area contributed by atoms with Gasteiger partial charge in [-0.15, -0.1) is 0 Å². The molecule has 2 N–H and O–H groups in total. The summed E-state index contributed by atoms with van der Waals surface area (Å²) in [5, 5.41) is 13.2. The van der Waals surface area contributed by atoms with Gasteiger partial charge in [0.15, 0.2) is 0 Å². The number of benzene rings is 1. The van der Waals surface area contributed by atoms with Crippen molar-refractivity contribution in [2.24, 2.45) is 5.92 Å². The number of carbonyl (C=O) groups is 1. The van der Waals surface area contributed by atoms with Crippen LogP contribution in [-0.4, -0.2) is 74.3 Å². The molecule has 4 atom stereocenters. The van der Waals surface area contributed by atoms with Gasteiger partial charge >= 0.3 is 0 Å². The molecule has 1 amide bonds. The van der Waals surface area contributed by atoms with E-state index in [0.29, 0.717) is 25.6 Å². The maximum Gasteiger partial charge on any atom is 0.242 e. The van der Waals surface area contributed by atoms with Gasteiger partial charge in [0.05, 0.1) is 25.9 Å². The van der Waals surface area contributed by atoms with Crippen LogP contribution in [0.25, 0.3) is 0 Å². The minimum atomic E-state index is -0.444.